The highest BCUT2D eigenvalue weighted by molar-refractivity contribution is 5.45. The van der Waals surface area contributed by atoms with Crippen LogP contribution < -0.4 is 10.1 Å². The van der Waals surface area contributed by atoms with E-state index in [1.54, 1.807) is 7.11 Å². The predicted octanol–water partition coefficient (Wildman–Crippen LogP) is 2.23. The Morgan fingerprint density at radius 1 is 1.62 bits per heavy atom. The van der Waals surface area contributed by atoms with Crippen LogP contribution in [-0.4, -0.2) is 13.2 Å². The van der Waals surface area contributed by atoms with Crippen molar-refractivity contribution in [3.63, 3.8) is 0 Å². The van der Waals surface area contributed by atoms with E-state index in [1.165, 1.54) is 0 Å². The molecule has 0 radical (unpaired) electrons. The standard InChI is InChI=1S/C13H16N2O/c1-4-10(2)15-9-11-5-6-13(16-3)12(7-11)8-14/h4-7,10,15H,1,9H2,2-3H3. The summed E-state index contributed by atoms with van der Waals surface area (Å²) in [6.07, 6.45) is 1.84. The smallest absolute Gasteiger partial charge is 0.136 e. The molecule has 0 spiro atoms. The Bertz CT molecular complexity index is 407. The fourth-order valence-corrected chi connectivity index (χ4v) is 1.31. The monoisotopic (exact) mass is 216 g/mol. The molecule has 3 heteroatoms. The molecule has 1 aromatic carbocycles. The number of rotatable bonds is 5. The van der Waals surface area contributed by atoms with Gasteiger partial charge in [0, 0.05) is 12.6 Å². The second-order valence-corrected chi connectivity index (χ2v) is 3.55. The molecule has 0 aliphatic carbocycles. The van der Waals surface area contributed by atoms with Crippen molar-refractivity contribution >= 4 is 0 Å². The van der Waals surface area contributed by atoms with Crippen LogP contribution in [0.5, 0.6) is 5.75 Å². The van der Waals surface area contributed by atoms with Crippen LogP contribution in [0.25, 0.3) is 0 Å². The molecule has 1 N–H and O–H groups in total. The summed E-state index contributed by atoms with van der Waals surface area (Å²) in [5.41, 5.74) is 1.62. The maximum Gasteiger partial charge on any atom is 0.136 e. The summed E-state index contributed by atoms with van der Waals surface area (Å²) in [4.78, 5) is 0. The van der Waals surface area contributed by atoms with Gasteiger partial charge in [-0.05, 0) is 24.6 Å². The number of hydrogen-bond acceptors (Lipinski definition) is 3. The zero-order valence-electron chi connectivity index (χ0n) is 9.66. The molecule has 1 rings (SSSR count). The highest BCUT2D eigenvalue weighted by atomic mass is 16.5. The molecule has 0 aromatic heterocycles. The summed E-state index contributed by atoms with van der Waals surface area (Å²) in [5.74, 6) is 0.614. The van der Waals surface area contributed by atoms with Gasteiger partial charge < -0.3 is 10.1 Å². The predicted molar refractivity (Wildman–Crippen MR) is 64.2 cm³/mol. The van der Waals surface area contributed by atoms with Crippen molar-refractivity contribution in [2.45, 2.75) is 19.5 Å². The third-order valence-corrected chi connectivity index (χ3v) is 2.37. The second-order valence-electron chi connectivity index (χ2n) is 3.55. The van der Waals surface area contributed by atoms with Gasteiger partial charge in [-0.3, -0.25) is 0 Å². The number of nitrogens with zero attached hydrogens (tertiary/aromatic N) is 1. The lowest BCUT2D eigenvalue weighted by molar-refractivity contribution is 0.413. The van der Waals surface area contributed by atoms with Gasteiger partial charge in [0.25, 0.3) is 0 Å². The molecule has 0 amide bonds. The SMILES string of the molecule is C=CC(C)NCc1ccc(OC)c(C#N)c1. The fraction of sp³-hybridized carbons (Fsp3) is 0.308. The summed E-state index contributed by atoms with van der Waals surface area (Å²) in [6.45, 7) is 6.44. The van der Waals surface area contributed by atoms with Crippen LogP contribution in [-0.2, 0) is 6.54 Å². The quantitative estimate of drug-likeness (QED) is 0.768. The molecule has 0 bridgehead atoms. The number of benzene rings is 1. The van der Waals surface area contributed by atoms with Crippen molar-refractivity contribution < 1.29 is 4.74 Å². The maximum absolute atomic E-state index is 8.93. The van der Waals surface area contributed by atoms with E-state index in [0.29, 0.717) is 17.9 Å². The average Bonchev–Trinajstić information content (AvgIpc) is 2.35. The molecule has 0 fully saturated rings. The lowest BCUT2D eigenvalue weighted by Gasteiger charge is -2.10. The van der Waals surface area contributed by atoms with E-state index < -0.39 is 0 Å². The summed E-state index contributed by atoms with van der Waals surface area (Å²) in [5, 5.41) is 12.2. The minimum Gasteiger partial charge on any atom is -0.495 e. The lowest BCUT2D eigenvalue weighted by Crippen LogP contribution is -2.22. The first-order chi connectivity index (χ1) is 7.71. The number of nitriles is 1. The molecule has 1 aromatic rings. The van der Waals surface area contributed by atoms with Crippen molar-refractivity contribution in [2.24, 2.45) is 0 Å². The Morgan fingerprint density at radius 3 is 2.94 bits per heavy atom. The van der Waals surface area contributed by atoms with Crippen molar-refractivity contribution in [3.8, 4) is 11.8 Å². The molecule has 3 nitrogen and oxygen atoms in total. The van der Waals surface area contributed by atoms with Crippen molar-refractivity contribution in [1.82, 2.24) is 5.32 Å². The van der Waals surface area contributed by atoms with E-state index in [4.69, 9.17) is 10.00 Å². The summed E-state index contributed by atoms with van der Waals surface area (Å²) in [7, 11) is 1.56. The highest BCUT2D eigenvalue weighted by Crippen LogP contribution is 2.18. The molecule has 16 heavy (non-hydrogen) atoms. The van der Waals surface area contributed by atoms with E-state index in [9.17, 15) is 0 Å². The van der Waals surface area contributed by atoms with Crippen LogP contribution in [0, 0.1) is 11.3 Å². The molecule has 0 aliphatic rings. The third kappa shape index (κ3) is 3.11. The van der Waals surface area contributed by atoms with Gasteiger partial charge in [-0.2, -0.15) is 5.26 Å². The number of methoxy groups -OCH3 is 1. The van der Waals surface area contributed by atoms with Crippen LogP contribution in [0.1, 0.15) is 18.1 Å². The second kappa shape index (κ2) is 5.94. The average molecular weight is 216 g/mol. The van der Waals surface area contributed by atoms with Gasteiger partial charge in [-0.15, -0.1) is 6.58 Å². The minimum atomic E-state index is 0.257. The van der Waals surface area contributed by atoms with Gasteiger partial charge in [0.05, 0.1) is 12.7 Å². The van der Waals surface area contributed by atoms with Crippen LogP contribution in [0.4, 0.5) is 0 Å². The normalized spacial score (nSPS) is 11.6. The summed E-state index contributed by atoms with van der Waals surface area (Å²) < 4.78 is 5.08. The summed E-state index contributed by atoms with van der Waals surface area (Å²) >= 11 is 0. The van der Waals surface area contributed by atoms with Crippen LogP contribution in [0.2, 0.25) is 0 Å². The third-order valence-electron chi connectivity index (χ3n) is 2.37. The molecule has 0 heterocycles. The lowest BCUT2D eigenvalue weighted by atomic mass is 10.1. The van der Waals surface area contributed by atoms with E-state index in [1.807, 2.05) is 31.2 Å². The van der Waals surface area contributed by atoms with Gasteiger partial charge >= 0.3 is 0 Å². The van der Waals surface area contributed by atoms with E-state index in [-0.39, 0.29) is 6.04 Å². The van der Waals surface area contributed by atoms with Gasteiger partial charge in [0.2, 0.25) is 0 Å². The molecule has 0 saturated heterocycles. The molecule has 0 saturated carbocycles. The molecular formula is C13H16N2O. The highest BCUT2D eigenvalue weighted by Gasteiger charge is 2.03. The maximum atomic E-state index is 8.93. The molecule has 84 valence electrons. The van der Waals surface area contributed by atoms with E-state index >= 15 is 0 Å². The Labute approximate surface area is 96.4 Å². The molecule has 0 aliphatic heterocycles. The minimum absolute atomic E-state index is 0.257. The van der Waals surface area contributed by atoms with Gasteiger partial charge in [0.15, 0.2) is 0 Å². The van der Waals surface area contributed by atoms with Crippen LogP contribution >= 0.6 is 0 Å². The number of nitrogens with one attached hydrogen (secondary N) is 1. The van der Waals surface area contributed by atoms with Gasteiger partial charge in [-0.25, -0.2) is 0 Å². The number of ether oxygens (including phenoxy) is 1. The van der Waals surface area contributed by atoms with Gasteiger partial charge in [-0.1, -0.05) is 12.1 Å². The zero-order valence-corrected chi connectivity index (χ0v) is 9.66. The number of hydrogen-bond donors (Lipinski definition) is 1. The zero-order chi connectivity index (χ0) is 12.0. The van der Waals surface area contributed by atoms with Gasteiger partial charge in [0.1, 0.15) is 11.8 Å². The molecule has 1 unspecified atom stereocenters. The van der Waals surface area contributed by atoms with Crippen LogP contribution in [0.3, 0.4) is 0 Å². The Hall–Kier alpha value is -1.79. The Balaban J connectivity index is 2.76. The van der Waals surface area contributed by atoms with Crippen molar-refractivity contribution in [3.05, 3.63) is 42.0 Å². The van der Waals surface area contributed by atoms with Crippen LogP contribution in [0.15, 0.2) is 30.9 Å². The molecule has 1 atom stereocenters. The van der Waals surface area contributed by atoms with Crippen molar-refractivity contribution in [1.29, 1.82) is 5.26 Å². The Kier molecular flexibility index (Phi) is 4.56. The first-order valence-corrected chi connectivity index (χ1v) is 5.14. The van der Waals surface area contributed by atoms with Crippen molar-refractivity contribution in [2.75, 3.05) is 7.11 Å². The fourth-order valence-electron chi connectivity index (χ4n) is 1.31. The molecular weight excluding hydrogens is 200 g/mol. The largest absolute Gasteiger partial charge is 0.495 e. The topological polar surface area (TPSA) is 45.0 Å². The first-order valence-electron chi connectivity index (χ1n) is 5.14. The summed E-state index contributed by atoms with van der Waals surface area (Å²) in [6, 6.07) is 7.97. The Morgan fingerprint density at radius 2 is 2.38 bits per heavy atom. The van der Waals surface area contributed by atoms with E-state index in [0.717, 1.165) is 5.56 Å². The van der Waals surface area contributed by atoms with E-state index in [2.05, 4.69) is 18.0 Å². The first kappa shape index (κ1) is 12.3.